The summed E-state index contributed by atoms with van der Waals surface area (Å²) in [7, 11) is 1.69. The average molecular weight is 203 g/mol. The number of aliphatic hydroxyl groups excluding tert-OH is 1. The Balaban J connectivity index is 0. The summed E-state index contributed by atoms with van der Waals surface area (Å²) >= 11 is 0. The van der Waals surface area contributed by atoms with Crippen LogP contribution in [0.4, 0.5) is 0 Å². The Hall–Kier alpha value is -0.570. The molecule has 0 unspecified atom stereocenters. The lowest BCUT2D eigenvalue weighted by Gasteiger charge is -1.98. The molecule has 0 aliphatic carbocycles. The molecule has 0 aromatic carbocycles. The van der Waals surface area contributed by atoms with Crippen LogP contribution in [0.15, 0.2) is 0 Å². The van der Waals surface area contributed by atoms with E-state index < -0.39 is 0 Å². The zero-order valence-corrected chi connectivity index (χ0v) is 9.81. The van der Waals surface area contributed by atoms with Gasteiger partial charge >= 0.3 is 0 Å². The van der Waals surface area contributed by atoms with E-state index in [2.05, 4.69) is 12.2 Å². The molecule has 0 bridgehead atoms. The van der Waals surface area contributed by atoms with Crippen LogP contribution < -0.4 is 5.32 Å². The Bertz CT molecular complexity index is 116. The van der Waals surface area contributed by atoms with E-state index in [1.807, 2.05) is 0 Å². The summed E-state index contributed by atoms with van der Waals surface area (Å²) in [5.74, 6) is 0.168. The molecule has 3 nitrogen and oxygen atoms in total. The smallest absolute Gasteiger partial charge is 0.219 e. The molecule has 0 spiro atoms. The van der Waals surface area contributed by atoms with Crippen LogP contribution in [0.3, 0.4) is 0 Å². The maximum absolute atomic E-state index is 10.7. The molecule has 2 N–H and O–H groups in total. The monoisotopic (exact) mass is 203 g/mol. The molecule has 0 saturated heterocycles. The lowest BCUT2D eigenvalue weighted by molar-refractivity contribution is -0.120. The van der Waals surface area contributed by atoms with E-state index in [4.69, 9.17) is 5.11 Å². The van der Waals surface area contributed by atoms with E-state index in [-0.39, 0.29) is 12.5 Å². The van der Waals surface area contributed by atoms with Gasteiger partial charge < -0.3 is 10.4 Å². The second-order valence-electron chi connectivity index (χ2n) is 3.15. The number of hydrogen-bond donors (Lipinski definition) is 2. The third-order valence-corrected chi connectivity index (χ3v) is 1.79. The molecule has 0 saturated carbocycles. The van der Waals surface area contributed by atoms with Gasteiger partial charge in [0, 0.05) is 20.1 Å². The third kappa shape index (κ3) is 17.5. The predicted octanol–water partition coefficient (Wildman–Crippen LogP) is 2.09. The van der Waals surface area contributed by atoms with E-state index in [0.717, 1.165) is 6.42 Å². The first kappa shape index (κ1) is 15.9. The van der Waals surface area contributed by atoms with Gasteiger partial charge in [-0.3, -0.25) is 4.79 Å². The number of unbranched alkanes of at least 4 members (excludes halogenated alkanes) is 4. The van der Waals surface area contributed by atoms with Crippen LogP contribution >= 0.6 is 0 Å². The first-order chi connectivity index (χ1) is 6.72. The lowest BCUT2D eigenvalue weighted by Crippen LogP contribution is -2.16. The second kappa shape index (κ2) is 14.9. The molecule has 0 rings (SSSR count). The Morgan fingerprint density at radius 2 is 1.64 bits per heavy atom. The molecule has 86 valence electrons. The normalized spacial score (nSPS) is 8.86. The van der Waals surface area contributed by atoms with Crippen LogP contribution in [0, 0.1) is 0 Å². The number of nitrogens with one attached hydrogen (secondary N) is 1. The zero-order chi connectivity index (χ0) is 11.2. The van der Waals surface area contributed by atoms with Gasteiger partial charge in [-0.1, -0.05) is 32.6 Å². The Labute approximate surface area is 87.9 Å². The molecule has 1 amide bonds. The highest BCUT2D eigenvalue weighted by Gasteiger charge is 1.95. The zero-order valence-electron chi connectivity index (χ0n) is 9.81. The summed E-state index contributed by atoms with van der Waals surface area (Å²) in [6.45, 7) is 4.12. The maximum Gasteiger partial charge on any atom is 0.219 e. The molecule has 0 radical (unpaired) electrons. The van der Waals surface area contributed by atoms with Crippen LogP contribution in [-0.4, -0.2) is 24.7 Å². The van der Waals surface area contributed by atoms with Gasteiger partial charge in [0.15, 0.2) is 0 Å². The van der Waals surface area contributed by atoms with Crippen LogP contribution in [-0.2, 0) is 4.79 Å². The molecule has 0 atom stereocenters. The number of rotatable bonds is 6. The van der Waals surface area contributed by atoms with Crippen LogP contribution in [0.25, 0.3) is 0 Å². The van der Waals surface area contributed by atoms with E-state index in [1.54, 1.807) is 14.0 Å². The molecule has 0 fully saturated rings. The highest BCUT2D eigenvalue weighted by molar-refractivity contribution is 5.75. The molecule has 0 aromatic rings. The van der Waals surface area contributed by atoms with Gasteiger partial charge in [-0.25, -0.2) is 0 Å². The Morgan fingerprint density at radius 3 is 2.07 bits per heavy atom. The van der Waals surface area contributed by atoms with Crippen molar-refractivity contribution < 1.29 is 9.90 Å². The van der Waals surface area contributed by atoms with Gasteiger partial charge in [0.1, 0.15) is 0 Å². The van der Waals surface area contributed by atoms with Crippen LogP contribution in [0.1, 0.15) is 52.4 Å². The summed E-state index contributed by atoms with van der Waals surface area (Å²) in [5.41, 5.74) is 0. The first-order valence-electron chi connectivity index (χ1n) is 5.54. The minimum Gasteiger partial charge on any atom is -0.397 e. The largest absolute Gasteiger partial charge is 0.397 e. The second-order valence-corrected chi connectivity index (χ2v) is 3.15. The molecular weight excluding hydrogens is 178 g/mol. The number of carbonyl (C=O) groups is 1. The minimum absolute atomic E-state index is 0.168. The van der Waals surface area contributed by atoms with Gasteiger partial charge in [-0.05, 0) is 13.3 Å². The molecule has 14 heavy (non-hydrogen) atoms. The maximum atomic E-state index is 10.7. The molecule has 0 heterocycles. The van der Waals surface area contributed by atoms with Crippen molar-refractivity contribution in [2.75, 3.05) is 13.7 Å². The van der Waals surface area contributed by atoms with E-state index in [9.17, 15) is 4.79 Å². The number of amides is 1. The first-order valence-corrected chi connectivity index (χ1v) is 5.54. The highest BCUT2D eigenvalue weighted by atomic mass is 16.2. The quantitative estimate of drug-likeness (QED) is 0.649. The van der Waals surface area contributed by atoms with Crippen molar-refractivity contribution >= 4 is 5.91 Å². The van der Waals surface area contributed by atoms with Crippen LogP contribution in [0.5, 0.6) is 0 Å². The van der Waals surface area contributed by atoms with Crippen LogP contribution in [0.2, 0.25) is 0 Å². The fourth-order valence-electron chi connectivity index (χ4n) is 1.01. The van der Waals surface area contributed by atoms with Gasteiger partial charge in [0.25, 0.3) is 0 Å². The predicted molar refractivity (Wildman–Crippen MR) is 60.2 cm³/mol. The highest BCUT2D eigenvalue weighted by Crippen LogP contribution is 2.04. The van der Waals surface area contributed by atoms with Gasteiger partial charge in [-0.2, -0.15) is 0 Å². The topological polar surface area (TPSA) is 49.3 Å². The van der Waals surface area contributed by atoms with Crippen molar-refractivity contribution in [1.82, 2.24) is 5.32 Å². The lowest BCUT2D eigenvalue weighted by atomic mass is 10.1. The van der Waals surface area contributed by atoms with Gasteiger partial charge in [-0.15, -0.1) is 0 Å². The Kier molecular flexibility index (Phi) is 16.9. The minimum atomic E-state index is 0.168. The van der Waals surface area contributed by atoms with E-state index in [1.165, 1.54) is 25.7 Å². The molecule has 0 aromatic heterocycles. The average Bonchev–Trinajstić information content (AvgIpc) is 2.18. The fraction of sp³-hybridized carbons (Fsp3) is 0.909. The number of hydrogen-bond acceptors (Lipinski definition) is 2. The molecule has 0 aliphatic rings. The summed E-state index contributed by atoms with van der Waals surface area (Å²) in [6, 6.07) is 0. The van der Waals surface area contributed by atoms with Gasteiger partial charge in [0.2, 0.25) is 5.91 Å². The van der Waals surface area contributed by atoms with Crippen molar-refractivity contribution in [2.24, 2.45) is 0 Å². The summed E-state index contributed by atoms with van der Waals surface area (Å²) in [4.78, 5) is 10.7. The standard InChI is InChI=1S/C9H19NO.C2H6O/c1-3-4-5-6-7-8-9(11)10-2;1-2-3/h3-8H2,1-2H3,(H,10,11);3H,2H2,1H3. The number of carbonyl (C=O) groups excluding carboxylic acids is 1. The summed E-state index contributed by atoms with van der Waals surface area (Å²) < 4.78 is 0. The van der Waals surface area contributed by atoms with Crippen molar-refractivity contribution in [2.45, 2.75) is 52.4 Å². The Morgan fingerprint density at radius 1 is 1.14 bits per heavy atom. The molecule has 3 heteroatoms. The summed E-state index contributed by atoms with van der Waals surface area (Å²) in [5, 5.41) is 10.2. The molecular formula is C11H25NO2. The van der Waals surface area contributed by atoms with Gasteiger partial charge in [0.05, 0.1) is 0 Å². The van der Waals surface area contributed by atoms with Crippen molar-refractivity contribution in [1.29, 1.82) is 0 Å². The molecule has 0 aliphatic heterocycles. The third-order valence-electron chi connectivity index (χ3n) is 1.79. The van der Waals surface area contributed by atoms with Crippen molar-refractivity contribution in [3.8, 4) is 0 Å². The summed E-state index contributed by atoms with van der Waals surface area (Å²) in [6.07, 6.45) is 6.77. The van der Waals surface area contributed by atoms with Crippen molar-refractivity contribution in [3.63, 3.8) is 0 Å². The number of aliphatic hydroxyl groups is 1. The SMILES string of the molecule is CCCCCCCC(=O)NC.CCO. The van der Waals surface area contributed by atoms with E-state index in [0.29, 0.717) is 6.42 Å². The van der Waals surface area contributed by atoms with Crippen molar-refractivity contribution in [3.05, 3.63) is 0 Å². The van der Waals surface area contributed by atoms with E-state index >= 15 is 0 Å². The fourth-order valence-corrected chi connectivity index (χ4v) is 1.01.